The summed E-state index contributed by atoms with van der Waals surface area (Å²) in [5.74, 6) is 0.747. The summed E-state index contributed by atoms with van der Waals surface area (Å²) in [5, 5.41) is 0. The fourth-order valence-corrected chi connectivity index (χ4v) is 2.48. The van der Waals surface area contributed by atoms with Gasteiger partial charge in [0.25, 0.3) is 0 Å². The molecule has 108 valence electrons. The van der Waals surface area contributed by atoms with E-state index in [1.165, 1.54) is 0 Å². The smallest absolute Gasteiger partial charge is 0.178 e. The van der Waals surface area contributed by atoms with Gasteiger partial charge in [0.1, 0.15) is 12.4 Å². The summed E-state index contributed by atoms with van der Waals surface area (Å²) in [6, 6.07) is 6.50. The van der Waals surface area contributed by atoms with Gasteiger partial charge in [0.15, 0.2) is 9.84 Å². The maximum Gasteiger partial charge on any atom is 0.178 e. The number of sulfone groups is 1. The van der Waals surface area contributed by atoms with E-state index < -0.39 is 9.84 Å². The minimum absolute atomic E-state index is 0.102. The van der Waals surface area contributed by atoms with Crippen molar-refractivity contribution in [1.82, 2.24) is 0 Å². The Kier molecular flexibility index (Phi) is 5.38. The molecule has 0 amide bonds. The fraction of sp³-hybridized carbons (Fsp3) is 0.571. The number of nitrogens with two attached hydrogens (primary N) is 1. The molecule has 0 radical (unpaired) electrons. The van der Waals surface area contributed by atoms with E-state index >= 15 is 0 Å². The first-order valence-corrected chi connectivity index (χ1v) is 8.26. The number of ether oxygens (including phenoxy) is 1. The molecule has 5 heteroatoms. The van der Waals surface area contributed by atoms with Gasteiger partial charge in [-0.05, 0) is 37.1 Å². The van der Waals surface area contributed by atoms with Crippen molar-refractivity contribution in [2.24, 2.45) is 5.73 Å². The molecule has 0 saturated carbocycles. The minimum atomic E-state index is -3.15. The summed E-state index contributed by atoms with van der Waals surface area (Å²) in [4.78, 5) is 0.326. The molecule has 0 aromatic heterocycles. The van der Waals surface area contributed by atoms with Crippen molar-refractivity contribution in [2.45, 2.75) is 44.0 Å². The lowest BCUT2D eigenvalue weighted by Crippen LogP contribution is -2.44. The number of rotatable bonds is 7. The lowest BCUT2D eigenvalue weighted by atomic mass is 9.96. The molecular formula is C14H23NO3S. The molecule has 0 aliphatic heterocycles. The van der Waals surface area contributed by atoms with Crippen LogP contribution in [0, 0.1) is 0 Å². The maximum atomic E-state index is 11.7. The van der Waals surface area contributed by atoms with Crippen molar-refractivity contribution in [2.75, 3.05) is 12.4 Å². The third-order valence-corrected chi connectivity index (χ3v) is 5.25. The summed E-state index contributed by atoms with van der Waals surface area (Å²) < 4.78 is 29.0. The van der Waals surface area contributed by atoms with E-state index in [9.17, 15) is 8.42 Å². The molecule has 0 spiro atoms. The Morgan fingerprint density at radius 1 is 1.11 bits per heavy atom. The second-order valence-electron chi connectivity index (χ2n) is 4.73. The van der Waals surface area contributed by atoms with E-state index in [0.29, 0.717) is 17.3 Å². The second kappa shape index (κ2) is 6.39. The van der Waals surface area contributed by atoms with E-state index in [-0.39, 0.29) is 11.3 Å². The number of benzene rings is 1. The second-order valence-corrected chi connectivity index (χ2v) is 7.01. The van der Waals surface area contributed by atoms with Gasteiger partial charge in [0.2, 0.25) is 0 Å². The highest BCUT2D eigenvalue weighted by molar-refractivity contribution is 7.91. The molecular weight excluding hydrogens is 262 g/mol. The predicted octanol–water partition coefficient (Wildman–Crippen LogP) is 2.38. The van der Waals surface area contributed by atoms with Crippen molar-refractivity contribution < 1.29 is 13.2 Å². The first-order chi connectivity index (χ1) is 8.87. The summed E-state index contributed by atoms with van der Waals surface area (Å²) in [5.41, 5.74) is 5.82. The first-order valence-electron chi connectivity index (χ1n) is 6.61. The lowest BCUT2D eigenvalue weighted by Gasteiger charge is -2.26. The van der Waals surface area contributed by atoms with Gasteiger partial charge in [-0.1, -0.05) is 20.8 Å². The number of hydrogen-bond acceptors (Lipinski definition) is 4. The van der Waals surface area contributed by atoms with Crippen molar-refractivity contribution in [3.05, 3.63) is 24.3 Å². The largest absolute Gasteiger partial charge is 0.492 e. The molecule has 19 heavy (non-hydrogen) atoms. The lowest BCUT2D eigenvalue weighted by molar-refractivity contribution is 0.207. The molecule has 1 rings (SSSR count). The highest BCUT2D eigenvalue weighted by Gasteiger charge is 2.21. The summed E-state index contributed by atoms with van der Waals surface area (Å²) in [6.07, 6.45) is 1.68. The molecule has 0 aliphatic rings. The summed E-state index contributed by atoms with van der Waals surface area (Å²) in [7, 11) is -3.15. The van der Waals surface area contributed by atoms with E-state index in [2.05, 4.69) is 0 Å². The normalized spacial score (nSPS) is 12.4. The van der Waals surface area contributed by atoms with Crippen LogP contribution in [0.3, 0.4) is 0 Å². The molecule has 1 aromatic carbocycles. The molecule has 0 fully saturated rings. The standard InChI is InChI=1S/C14H23NO3S/c1-4-14(15,5-2)11-18-12-7-9-13(10-8-12)19(16,17)6-3/h7-10H,4-6,11,15H2,1-3H3. The molecule has 0 saturated heterocycles. The molecule has 0 heterocycles. The Hall–Kier alpha value is -1.07. The van der Waals surface area contributed by atoms with Crippen LogP contribution in [0.1, 0.15) is 33.6 Å². The Labute approximate surface area is 115 Å². The van der Waals surface area contributed by atoms with Gasteiger partial charge in [0, 0.05) is 5.54 Å². The van der Waals surface area contributed by atoms with E-state index in [1.807, 2.05) is 13.8 Å². The monoisotopic (exact) mass is 285 g/mol. The first kappa shape index (κ1) is 16.0. The van der Waals surface area contributed by atoms with Gasteiger partial charge >= 0.3 is 0 Å². The SMILES string of the molecule is CCC(N)(CC)COc1ccc(S(=O)(=O)CC)cc1. The average molecular weight is 285 g/mol. The third kappa shape index (κ3) is 4.21. The van der Waals surface area contributed by atoms with Gasteiger partial charge < -0.3 is 10.5 Å². The third-order valence-electron chi connectivity index (χ3n) is 3.50. The molecule has 4 nitrogen and oxygen atoms in total. The Balaban J connectivity index is 2.73. The molecule has 0 bridgehead atoms. The minimum Gasteiger partial charge on any atom is -0.492 e. The van der Waals surface area contributed by atoms with Crippen molar-refractivity contribution in [3.63, 3.8) is 0 Å². The van der Waals surface area contributed by atoms with Crippen molar-refractivity contribution in [3.8, 4) is 5.75 Å². The van der Waals surface area contributed by atoms with Crippen molar-refractivity contribution >= 4 is 9.84 Å². The van der Waals surface area contributed by atoms with Gasteiger partial charge in [-0.15, -0.1) is 0 Å². The maximum absolute atomic E-state index is 11.7. The topological polar surface area (TPSA) is 69.4 Å². The van der Waals surface area contributed by atoms with E-state index in [1.54, 1.807) is 31.2 Å². The quantitative estimate of drug-likeness (QED) is 0.835. The highest BCUT2D eigenvalue weighted by Crippen LogP contribution is 2.19. The van der Waals surface area contributed by atoms with Crippen LogP contribution in [0.5, 0.6) is 5.75 Å². The van der Waals surface area contributed by atoms with E-state index in [0.717, 1.165) is 12.8 Å². The van der Waals surface area contributed by atoms with Crippen LogP contribution in [-0.4, -0.2) is 26.3 Å². The van der Waals surface area contributed by atoms with Crippen LogP contribution in [-0.2, 0) is 9.84 Å². The van der Waals surface area contributed by atoms with Gasteiger partial charge in [-0.2, -0.15) is 0 Å². The van der Waals surface area contributed by atoms with Gasteiger partial charge in [-0.25, -0.2) is 8.42 Å². The Morgan fingerprint density at radius 2 is 1.63 bits per heavy atom. The Bertz CT molecular complexity index is 490. The summed E-state index contributed by atoms with van der Waals surface area (Å²) >= 11 is 0. The molecule has 0 atom stereocenters. The van der Waals surface area contributed by atoms with E-state index in [4.69, 9.17) is 10.5 Å². The molecule has 0 unspecified atom stereocenters. The molecule has 1 aromatic rings. The zero-order valence-corrected chi connectivity index (χ0v) is 12.7. The number of hydrogen-bond donors (Lipinski definition) is 1. The van der Waals surface area contributed by atoms with Crippen molar-refractivity contribution in [1.29, 1.82) is 0 Å². The van der Waals surface area contributed by atoms with Crippen LogP contribution >= 0.6 is 0 Å². The fourth-order valence-electron chi connectivity index (χ4n) is 1.59. The molecule has 2 N–H and O–H groups in total. The zero-order valence-electron chi connectivity index (χ0n) is 11.8. The zero-order chi connectivity index (χ0) is 14.5. The van der Waals surface area contributed by atoms with Crippen LogP contribution in [0.25, 0.3) is 0 Å². The van der Waals surface area contributed by atoms with Gasteiger partial charge in [0.05, 0.1) is 10.6 Å². The predicted molar refractivity (Wildman–Crippen MR) is 77.2 cm³/mol. The highest BCUT2D eigenvalue weighted by atomic mass is 32.2. The van der Waals surface area contributed by atoms with Crippen LogP contribution in [0.4, 0.5) is 0 Å². The van der Waals surface area contributed by atoms with Gasteiger partial charge in [-0.3, -0.25) is 0 Å². The van der Waals surface area contributed by atoms with Crippen LogP contribution in [0.15, 0.2) is 29.2 Å². The van der Waals surface area contributed by atoms with Crippen LogP contribution < -0.4 is 10.5 Å². The van der Waals surface area contributed by atoms with Crippen LogP contribution in [0.2, 0.25) is 0 Å². The Morgan fingerprint density at radius 3 is 2.05 bits per heavy atom. The molecule has 0 aliphatic carbocycles. The average Bonchev–Trinajstić information content (AvgIpc) is 2.45. The summed E-state index contributed by atoms with van der Waals surface area (Å²) in [6.45, 7) is 6.12.